The van der Waals surface area contributed by atoms with E-state index >= 15 is 0 Å². The van der Waals surface area contributed by atoms with E-state index in [-0.39, 0.29) is 0 Å². The van der Waals surface area contributed by atoms with Crippen LogP contribution < -0.4 is 4.90 Å². The molecule has 5 nitrogen and oxygen atoms in total. The lowest BCUT2D eigenvalue weighted by atomic mass is 10.1. The van der Waals surface area contributed by atoms with Gasteiger partial charge in [-0.3, -0.25) is 0 Å². The van der Waals surface area contributed by atoms with E-state index in [0.29, 0.717) is 0 Å². The van der Waals surface area contributed by atoms with Crippen LogP contribution in [0.3, 0.4) is 0 Å². The average Bonchev–Trinajstić information content (AvgIpc) is 4.10. The Morgan fingerprint density at radius 3 is 1.10 bits per heavy atom. The summed E-state index contributed by atoms with van der Waals surface area (Å²) in [6.45, 7) is 4.34. The highest BCUT2D eigenvalue weighted by Crippen LogP contribution is 2.42. The highest BCUT2D eigenvalue weighted by Gasteiger charge is 2.20. The minimum Gasteiger partial charge on any atom is -0.456 e. The third-order valence-corrected chi connectivity index (χ3v) is 13.9. The molecule has 4 aromatic heterocycles. The first-order chi connectivity index (χ1) is 33.0. The molecular weight excluding hydrogens is 817 g/mol. The predicted octanol–water partition coefficient (Wildman–Crippen LogP) is 17.0. The third kappa shape index (κ3) is 5.68. The molecule has 14 aromatic rings. The highest BCUT2D eigenvalue weighted by molar-refractivity contribution is 6.13. The van der Waals surface area contributed by atoms with Gasteiger partial charge in [0.25, 0.3) is 0 Å². The van der Waals surface area contributed by atoms with Crippen LogP contribution >= 0.6 is 0 Å². The third-order valence-electron chi connectivity index (χ3n) is 13.9. The van der Waals surface area contributed by atoms with Crippen molar-refractivity contribution in [1.82, 2.24) is 13.7 Å². The van der Waals surface area contributed by atoms with Crippen LogP contribution in [0, 0.1) is 13.8 Å². The van der Waals surface area contributed by atoms with Crippen molar-refractivity contribution in [2.45, 2.75) is 13.8 Å². The number of fused-ring (bicyclic) bond motifs is 12. The number of benzene rings is 10. The average molecular weight is 859 g/mol. The second kappa shape index (κ2) is 14.4. The fourth-order valence-corrected chi connectivity index (χ4v) is 10.9. The number of aryl methyl sites for hydroxylation is 2. The van der Waals surface area contributed by atoms with Crippen molar-refractivity contribution in [3.63, 3.8) is 0 Å². The first-order valence-electron chi connectivity index (χ1n) is 23.0. The smallest absolute Gasteiger partial charge is 0.135 e. The quantitative estimate of drug-likeness (QED) is 0.167. The van der Waals surface area contributed by atoms with Gasteiger partial charge in [-0.2, -0.15) is 0 Å². The Labute approximate surface area is 386 Å². The van der Waals surface area contributed by atoms with Crippen molar-refractivity contribution < 1.29 is 4.42 Å². The van der Waals surface area contributed by atoms with Crippen LogP contribution in [0.15, 0.2) is 223 Å². The van der Waals surface area contributed by atoms with Crippen LogP contribution in [0.5, 0.6) is 0 Å². The van der Waals surface area contributed by atoms with Crippen LogP contribution in [0.1, 0.15) is 11.1 Å². The number of anilines is 3. The Bertz CT molecular complexity index is 4130. The number of hydrogen-bond acceptors (Lipinski definition) is 2. The van der Waals surface area contributed by atoms with E-state index in [1.54, 1.807) is 0 Å². The molecule has 0 amide bonds. The molecule has 0 unspecified atom stereocenters. The molecule has 0 N–H and O–H groups in total. The summed E-state index contributed by atoms with van der Waals surface area (Å²) in [7, 11) is 0. The van der Waals surface area contributed by atoms with Gasteiger partial charge in [0.2, 0.25) is 0 Å². The molecule has 10 aromatic carbocycles. The molecular formula is C62H42N4O. The molecule has 5 heteroatoms. The summed E-state index contributed by atoms with van der Waals surface area (Å²) >= 11 is 0. The van der Waals surface area contributed by atoms with E-state index in [1.165, 1.54) is 76.5 Å². The van der Waals surface area contributed by atoms with Gasteiger partial charge in [-0.05, 0) is 147 Å². The monoisotopic (exact) mass is 858 g/mol. The highest BCUT2D eigenvalue weighted by atomic mass is 16.3. The van der Waals surface area contributed by atoms with Crippen molar-refractivity contribution in [3.8, 4) is 17.1 Å². The fraction of sp³-hybridized carbons (Fsp3) is 0.0323. The van der Waals surface area contributed by atoms with E-state index in [0.717, 1.165) is 56.1 Å². The van der Waals surface area contributed by atoms with Crippen molar-refractivity contribution in [3.05, 3.63) is 230 Å². The maximum atomic E-state index is 6.58. The number of nitrogens with zero attached hydrogens (tertiary/aromatic N) is 4. The molecule has 4 heterocycles. The maximum absolute atomic E-state index is 6.58. The minimum absolute atomic E-state index is 0.854. The molecule has 0 atom stereocenters. The largest absolute Gasteiger partial charge is 0.456 e. The Balaban J connectivity index is 0.939. The summed E-state index contributed by atoms with van der Waals surface area (Å²) in [6.07, 6.45) is 0. The zero-order chi connectivity index (χ0) is 44.3. The van der Waals surface area contributed by atoms with E-state index < -0.39 is 0 Å². The molecule has 67 heavy (non-hydrogen) atoms. The molecule has 0 spiro atoms. The molecule has 0 aliphatic heterocycles. The predicted molar refractivity (Wildman–Crippen MR) is 281 cm³/mol. The molecule has 0 aliphatic rings. The van der Waals surface area contributed by atoms with Crippen LogP contribution in [0.2, 0.25) is 0 Å². The molecule has 14 rings (SSSR count). The van der Waals surface area contributed by atoms with Crippen molar-refractivity contribution in [1.29, 1.82) is 0 Å². The van der Waals surface area contributed by atoms with E-state index in [9.17, 15) is 0 Å². The summed E-state index contributed by atoms with van der Waals surface area (Å²) in [5, 5.41) is 9.67. The lowest BCUT2D eigenvalue weighted by molar-refractivity contribution is 0.669. The summed E-state index contributed by atoms with van der Waals surface area (Å²) in [5.74, 6) is 0. The summed E-state index contributed by atoms with van der Waals surface area (Å²) in [5.41, 5.74) is 17.9. The summed E-state index contributed by atoms with van der Waals surface area (Å²) in [6, 6.07) is 79.5. The van der Waals surface area contributed by atoms with E-state index in [1.807, 2.05) is 0 Å². The van der Waals surface area contributed by atoms with Crippen LogP contribution in [-0.4, -0.2) is 13.7 Å². The number of para-hydroxylation sites is 4. The standard InChI is InChI=1S/C62H42N4O/c1-39-19-31-59-51(35-39)52-36-40(2)20-32-60(52)65(59)44-27-23-42(24-28-44)63(41-21-25-43(26-22-41)64-55-15-7-3-11-47(55)48-12-4-8-16-56(48)64)45-29-33-61-53(37-45)54-38-46(30-34-62(54)67-61)66-57-17-9-5-13-49(57)50-14-6-10-18-58(50)66/h3-38H,1-2H3. The lowest BCUT2D eigenvalue weighted by Crippen LogP contribution is -2.10. The number of hydrogen-bond donors (Lipinski definition) is 0. The lowest BCUT2D eigenvalue weighted by Gasteiger charge is -2.26. The molecule has 0 saturated carbocycles. The minimum atomic E-state index is 0.854. The molecule has 0 saturated heterocycles. The summed E-state index contributed by atoms with van der Waals surface area (Å²) < 4.78 is 13.7. The summed E-state index contributed by atoms with van der Waals surface area (Å²) in [4.78, 5) is 2.37. The van der Waals surface area contributed by atoms with Gasteiger partial charge in [0.1, 0.15) is 11.2 Å². The van der Waals surface area contributed by atoms with Crippen molar-refractivity contribution >= 4 is 104 Å². The number of rotatable bonds is 6. The first-order valence-corrected chi connectivity index (χ1v) is 23.0. The Kier molecular flexibility index (Phi) is 8.05. The van der Waals surface area contributed by atoms with Gasteiger partial charge in [0, 0.05) is 77.2 Å². The van der Waals surface area contributed by atoms with E-state index in [2.05, 4.69) is 251 Å². The fourth-order valence-electron chi connectivity index (χ4n) is 10.9. The van der Waals surface area contributed by atoms with Crippen LogP contribution in [-0.2, 0) is 0 Å². The van der Waals surface area contributed by atoms with Gasteiger partial charge in [-0.25, -0.2) is 0 Å². The Morgan fingerprint density at radius 1 is 0.284 bits per heavy atom. The topological polar surface area (TPSA) is 31.2 Å². The van der Waals surface area contributed by atoms with Gasteiger partial charge in [0.05, 0.1) is 33.1 Å². The van der Waals surface area contributed by atoms with Gasteiger partial charge in [-0.15, -0.1) is 0 Å². The molecule has 0 fully saturated rings. The molecule has 0 aliphatic carbocycles. The normalized spacial score (nSPS) is 12.0. The second-order valence-electron chi connectivity index (χ2n) is 17.9. The zero-order valence-corrected chi connectivity index (χ0v) is 37.0. The zero-order valence-electron chi connectivity index (χ0n) is 37.0. The van der Waals surface area contributed by atoms with Crippen LogP contribution in [0.4, 0.5) is 17.1 Å². The molecule has 0 radical (unpaired) electrons. The van der Waals surface area contributed by atoms with Gasteiger partial charge in [0.15, 0.2) is 0 Å². The van der Waals surface area contributed by atoms with E-state index in [4.69, 9.17) is 4.42 Å². The Morgan fingerprint density at radius 2 is 0.642 bits per heavy atom. The second-order valence-corrected chi connectivity index (χ2v) is 17.9. The number of furan rings is 1. The molecule has 0 bridgehead atoms. The SMILES string of the molecule is Cc1ccc2c(c1)c1cc(C)ccc1n2-c1ccc(N(c2ccc(-n3c4ccccc4c4ccccc43)cc2)c2ccc3oc4ccc(-n5c6ccccc6c6ccccc65)cc4c3c2)cc1. The van der Waals surface area contributed by atoms with Gasteiger partial charge in [-0.1, -0.05) is 96.1 Å². The Hall–Kier alpha value is -8.80. The molecule has 316 valence electrons. The van der Waals surface area contributed by atoms with Crippen molar-refractivity contribution in [2.75, 3.05) is 4.90 Å². The van der Waals surface area contributed by atoms with Crippen LogP contribution in [0.25, 0.3) is 104 Å². The maximum Gasteiger partial charge on any atom is 0.135 e. The first kappa shape index (κ1) is 37.6. The number of aromatic nitrogens is 3. The van der Waals surface area contributed by atoms with Gasteiger partial charge < -0.3 is 23.0 Å². The van der Waals surface area contributed by atoms with Gasteiger partial charge >= 0.3 is 0 Å². The van der Waals surface area contributed by atoms with Crippen molar-refractivity contribution in [2.24, 2.45) is 0 Å².